The monoisotopic (exact) mass is 270 g/mol. The molecule has 1 rings (SSSR count). The van der Waals surface area contributed by atoms with Crippen molar-refractivity contribution in [3.8, 4) is 5.75 Å². The van der Waals surface area contributed by atoms with Gasteiger partial charge in [0.25, 0.3) is 0 Å². The van der Waals surface area contributed by atoms with Gasteiger partial charge in [0.05, 0.1) is 6.04 Å². The standard InChI is InChI=1S/C13H19ClN2O2/c1-10(13(17)15-2)16(3)8-9-18-12-6-4-11(14)5-7-12/h4-7,10H,8-9H2,1-3H3,(H,15,17)/t10-/m1/s1. The van der Waals surface area contributed by atoms with Crippen LogP contribution in [0.2, 0.25) is 5.02 Å². The Hall–Kier alpha value is -1.26. The molecule has 0 unspecified atom stereocenters. The second-order valence-corrected chi connectivity index (χ2v) is 4.51. The molecule has 0 radical (unpaired) electrons. The van der Waals surface area contributed by atoms with E-state index in [9.17, 15) is 4.79 Å². The first-order chi connectivity index (χ1) is 8.54. The van der Waals surface area contributed by atoms with Crippen LogP contribution in [0, 0.1) is 0 Å². The number of hydrogen-bond donors (Lipinski definition) is 1. The number of halogens is 1. The van der Waals surface area contributed by atoms with Crippen molar-refractivity contribution in [2.24, 2.45) is 0 Å². The van der Waals surface area contributed by atoms with Crippen LogP contribution in [0.3, 0.4) is 0 Å². The first-order valence-electron chi connectivity index (χ1n) is 5.84. The zero-order valence-electron chi connectivity index (χ0n) is 10.9. The van der Waals surface area contributed by atoms with Gasteiger partial charge in [0, 0.05) is 18.6 Å². The summed E-state index contributed by atoms with van der Waals surface area (Å²) in [6.07, 6.45) is 0. The van der Waals surface area contributed by atoms with Crippen LogP contribution in [0.15, 0.2) is 24.3 Å². The second-order valence-electron chi connectivity index (χ2n) is 4.07. The van der Waals surface area contributed by atoms with E-state index in [1.807, 2.05) is 31.0 Å². The maximum Gasteiger partial charge on any atom is 0.236 e. The maximum atomic E-state index is 11.4. The summed E-state index contributed by atoms with van der Waals surface area (Å²) in [7, 11) is 3.53. The summed E-state index contributed by atoms with van der Waals surface area (Å²) in [5, 5.41) is 3.31. The van der Waals surface area contributed by atoms with Crippen molar-refractivity contribution in [2.75, 3.05) is 27.2 Å². The Labute approximate surface area is 113 Å². The molecule has 1 N–H and O–H groups in total. The number of benzene rings is 1. The van der Waals surface area contributed by atoms with Gasteiger partial charge in [0.2, 0.25) is 5.91 Å². The van der Waals surface area contributed by atoms with E-state index >= 15 is 0 Å². The average Bonchev–Trinajstić information content (AvgIpc) is 2.39. The molecule has 0 fully saturated rings. The number of carbonyl (C=O) groups excluding carboxylic acids is 1. The van der Waals surface area contributed by atoms with Gasteiger partial charge in [-0.05, 0) is 38.2 Å². The van der Waals surface area contributed by atoms with Gasteiger partial charge in [-0.1, -0.05) is 11.6 Å². The van der Waals surface area contributed by atoms with Gasteiger partial charge < -0.3 is 10.1 Å². The van der Waals surface area contributed by atoms with Crippen molar-refractivity contribution in [1.82, 2.24) is 10.2 Å². The third kappa shape index (κ3) is 4.55. The van der Waals surface area contributed by atoms with E-state index in [0.717, 1.165) is 5.75 Å². The van der Waals surface area contributed by atoms with Crippen LogP contribution < -0.4 is 10.1 Å². The molecular formula is C13H19ClN2O2. The third-order valence-electron chi connectivity index (χ3n) is 2.81. The molecule has 1 aromatic carbocycles. The van der Waals surface area contributed by atoms with Gasteiger partial charge in [0.15, 0.2) is 0 Å². The molecule has 0 aromatic heterocycles. The Morgan fingerprint density at radius 2 is 2.06 bits per heavy atom. The highest BCUT2D eigenvalue weighted by Gasteiger charge is 2.15. The van der Waals surface area contributed by atoms with Crippen molar-refractivity contribution >= 4 is 17.5 Å². The van der Waals surface area contributed by atoms with Crippen molar-refractivity contribution in [3.05, 3.63) is 29.3 Å². The van der Waals surface area contributed by atoms with E-state index in [1.54, 1.807) is 19.2 Å². The number of ether oxygens (including phenoxy) is 1. The molecule has 4 nitrogen and oxygen atoms in total. The van der Waals surface area contributed by atoms with Crippen LogP contribution in [0.4, 0.5) is 0 Å². The Bertz CT molecular complexity index is 381. The molecule has 5 heteroatoms. The first-order valence-corrected chi connectivity index (χ1v) is 6.22. The highest BCUT2D eigenvalue weighted by atomic mass is 35.5. The van der Waals surface area contributed by atoms with E-state index in [4.69, 9.17) is 16.3 Å². The van der Waals surface area contributed by atoms with E-state index < -0.39 is 0 Å². The first kappa shape index (κ1) is 14.8. The zero-order chi connectivity index (χ0) is 13.5. The van der Waals surface area contributed by atoms with Crippen LogP contribution in [0.1, 0.15) is 6.92 Å². The van der Waals surface area contributed by atoms with Crippen molar-refractivity contribution in [1.29, 1.82) is 0 Å². The summed E-state index contributed by atoms with van der Waals surface area (Å²) in [6, 6.07) is 7.06. The molecule has 0 bridgehead atoms. The smallest absolute Gasteiger partial charge is 0.236 e. The minimum absolute atomic E-state index is 0.00370. The molecule has 1 amide bonds. The second kappa shape index (κ2) is 7.24. The fourth-order valence-corrected chi connectivity index (χ4v) is 1.57. The highest BCUT2D eigenvalue weighted by Crippen LogP contribution is 2.15. The van der Waals surface area contributed by atoms with E-state index in [2.05, 4.69) is 5.32 Å². The van der Waals surface area contributed by atoms with Crippen molar-refractivity contribution in [2.45, 2.75) is 13.0 Å². The molecule has 0 spiro atoms. The molecule has 0 aliphatic carbocycles. The number of rotatable bonds is 6. The minimum Gasteiger partial charge on any atom is -0.492 e. The van der Waals surface area contributed by atoms with Crippen molar-refractivity contribution in [3.63, 3.8) is 0 Å². The zero-order valence-corrected chi connectivity index (χ0v) is 11.7. The maximum absolute atomic E-state index is 11.4. The van der Waals surface area contributed by atoms with Gasteiger partial charge in [-0.2, -0.15) is 0 Å². The summed E-state index contributed by atoms with van der Waals surface area (Å²) >= 11 is 5.78. The topological polar surface area (TPSA) is 41.6 Å². The van der Waals surface area contributed by atoms with E-state index in [1.165, 1.54) is 0 Å². The quantitative estimate of drug-likeness (QED) is 0.857. The largest absolute Gasteiger partial charge is 0.492 e. The summed E-state index contributed by atoms with van der Waals surface area (Å²) in [5.41, 5.74) is 0. The predicted octanol–water partition coefficient (Wildman–Crippen LogP) is 1.79. The molecule has 18 heavy (non-hydrogen) atoms. The van der Waals surface area contributed by atoms with Gasteiger partial charge in [-0.15, -0.1) is 0 Å². The number of likely N-dealkylation sites (N-methyl/N-ethyl adjacent to an activating group) is 2. The summed E-state index contributed by atoms with van der Waals surface area (Å²) in [6.45, 7) is 3.07. The lowest BCUT2D eigenvalue weighted by atomic mass is 10.3. The molecule has 0 aliphatic heterocycles. The SMILES string of the molecule is CNC(=O)[C@@H](C)N(C)CCOc1ccc(Cl)cc1. The Kier molecular flexibility index (Phi) is 5.95. The van der Waals surface area contributed by atoms with Crippen LogP contribution in [-0.2, 0) is 4.79 Å². The molecule has 0 saturated carbocycles. The summed E-state index contributed by atoms with van der Waals surface area (Å²) < 4.78 is 5.56. The molecule has 0 heterocycles. The molecule has 1 aromatic rings. The van der Waals surface area contributed by atoms with Gasteiger partial charge in [-0.25, -0.2) is 0 Å². The van der Waals surface area contributed by atoms with Crippen LogP contribution in [0.25, 0.3) is 0 Å². The third-order valence-corrected chi connectivity index (χ3v) is 3.07. The van der Waals surface area contributed by atoms with E-state index in [0.29, 0.717) is 18.2 Å². The fourth-order valence-electron chi connectivity index (χ4n) is 1.44. The highest BCUT2D eigenvalue weighted by molar-refractivity contribution is 6.30. The summed E-state index contributed by atoms with van der Waals surface area (Å²) in [4.78, 5) is 13.4. The Balaban J connectivity index is 2.33. The van der Waals surface area contributed by atoms with Gasteiger partial charge >= 0.3 is 0 Å². The lowest BCUT2D eigenvalue weighted by molar-refractivity contribution is -0.125. The lowest BCUT2D eigenvalue weighted by Crippen LogP contribution is -2.43. The molecule has 100 valence electrons. The Morgan fingerprint density at radius 3 is 2.61 bits per heavy atom. The number of hydrogen-bond acceptors (Lipinski definition) is 3. The number of carbonyl (C=O) groups is 1. The number of nitrogens with one attached hydrogen (secondary N) is 1. The molecular weight excluding hydrogens is 252 g/mol. The Morgan fingerprint density at radius 1 is 1.44 bits per heavy atom. The normalized spacial score (nSPS) is 12.3. The predicted molar refractivity (Wildman–Crippen MR) is 73.1 cm³/mol. The average molecular weight is 271 g/mol. The summed E-state index contributed by atoms with van der Waals surface area (Å²) in [5.74, 6) is 0.782. The van der Waals surface area contributed by atoms with Crippen LogP contribution in [-0.4, -0.2) is 44.1 Å². The molecule has 0 aliphatic rings. The fraction of sp³-hybridized carbons (Fsp3) is 0.462. The van der Waals surface area contributed by atoms with Crippen LogP contribution >= 0.6 is 11.6 Å². The lowest BCUT2D eigenvalue weighted by Gasteiger charge is -2.23. The number of nitrogens with zero attached hydrogens (tertiary/aromatic N) is 1. The van der Waals surface area contributed by atoms with Gasteiger partial charge in [0.1, 0.15) is 12.4 Å². The van der Waals surface area contributed by atoms with Gasteiger partial charge in [-0.3, -0.25) is 9.69 Å². The van der Waals surface area contributed by atoms with Crippen molar-refractivity contribution < 1.29 is 9.53 Å². The molecule has 0 saturated heterocycles. The minimum atomic E-state index is -0.163. The molecule has 1 atom stereocenters. The number of amides is 1. The van der Waals surface area contributed by atoms with E-state index in [-0.39, 0.29) is 11.9 Å². The van der Waals surface area contributed by atoms with Crippen LogP contribution in [0.5, 0.6) is 5.75 Å².